The largest absolute Gasteiger partial charge is 0.462 e. The van der Waals surface area contributed by atoms with Gasteiger partial charge in [-0.05, 0) is 44.0 Å². The molecule has 2 heterocycles. The molecule has 1 aliphatic heterocycles. The molecule has 0 spiro atoms. The van der Waals surface area contributed by atoms with Gasteiger partial charge in [-0.25, -0.2) is 9.78 Å². The number of aromatic nitrogens is 1. The number of rotatable bonds is 7. The van der Waals surface area contributed by atoms with Gasteiger partial charge in [-0.3, -0.25) is 24.6 Å². The van der Waals surface area contributed by atoms with Crippen LogP contribution in [-0.4, -0.2) is 46.7 Å². The number of aryl methyl sites for hydroxylation is 1. The van der Waals surface area contributed by atoms with Gasteiger partial charge < -0.3 is 4.74 Å². The Kier molecular flexibility index (Phi) is 6.32. The minimum Gasteiger partial charge on any atom is -0.462 e. The first-order chi connectivity index (χ1) is 15.9. The van der Waals surface area contributed by atoms with Gasteiger partial charge in [0, 0.05) is 12.1 Å². The summed E-state index contributed by atoms with van der Waals surface area (Å²) in [5.74, 6) is -1.78. The van der Waals surface area contributed by atoms with Crippen molar-refractivity contribution in [3.63, 3.8) is 0 Å². The molecule has 8 nitrogen and oxygen atoms in total. The third-order valence-electron chi connectivity index (χ3n) is 5.18. The molecule has 9 heteroatoms. The lowest BCUT2D eigenvalue weighted by Gasteiger charge is -2.13. The lowest BCUT2D eigenvalue weighted by molar-refractivity contribution is 0.0529. The molecule has 1 aromatic heterocycles. The Balaban J connectivity index is 1.48. The van der Waals surface area contributed by atoms with Crippen molar-refractivity contribution in [1.82, 2.24) is 9.88 Å². The number of benzene rings is 2. The van der Waals surface area contributed by atoms with E-state index in [1.165, 1.54) is 23.1 Å². The molecule has 2 aromatic carbocycles. The molecule has 1 aliphatic rings. The van der Waals surface area contributed by atoms with Gasteiger partial charge in [-0.1, -0.05) is 41.7 Å². The van der Waals surface area contributed by atoms with Crippen molar-refractivity contribution < 1.29 is 23.9 Å². The summed E-state index contributed by atoms with van der Waals surface area (Å²) in [5.41, 5.74) is 2.17. The molecule has 1 N–H and O–H groups in total. The van der Waals surface area contributed by atoms with Crippen LogP contribution in [0.2, 0.25) is 0 Å². The Bertz CT molecular complexity index is 1250. The summed E-state index contributed by atoms with van der Waals surface area (Å²) >= 11 is 1.01. The zero-order valence-electron chi connectivity index (χ0n) is 18.1. The van der Waals surface area contributed by atoms with Gasteiger partial charge in [0.1, 0.15) is 4.88 Å². The Morgan fingerprint density at radius 3 is 2.52 bits per heavy atom. The van der Waals surface area contributed by atoms with E-state index >= 15 is 0 Å². The standard InChI is InChI=1S/C24H21N3O5S/c1-3-32-23(31)19-14(2)25-24(33-19)26-20(28)16-9-10-17-18(13-16)22(30)27(21(17)29)12-11-15-7-5-4-6-8-15/h4-10,13H,3,11-12H2,1-2H3,(H,25,26,28). The van der Waals surface area contributed by atoms with E-state index in [2.05, 4.69) is 10.3 Å². The van der Waals surface area contributed by atoms with Crippen LogP contribution in [0.15, 0.2) is 48.5 Å². The first kappa shape index (κ1) is 22.3. The number of amides is 3. The zero-order chi connectivity index (χ0) is 23.5. The third-order valence-corrected chi connectivity index (χ3v) is 6.23. The summed E-state index contributed by atoms with van der Waals surface area (Å²) in [4.78, 5) is 56.0. The van der Waals surface area contributed by atoms with E-state index in [1.54, 1.807) is 13.8 Å². The number of nitrogens with zero attached hydrogens (tertiary/aromatic N) is 2. The van der Waals surface area contributed by atoms with Gasteiger partial charge in [0.25, 0.3) is 17.7 Å². The van der Waals surface area contributed by atoms with Crippen molar-refractivity contribution in [2.24, 2.45) is 0 Å². The Morgan fingerprint density at radius 2 is 1.79 bits per heavy atom. The number of anilines is 1. The highest BCUT2D eigenvalue weighted by Gasteiger charge is 2.35. The van der Waals surface area contributed by atoms with E-state index < -0.39 is 17.8 Å². The highest BCUT2D eigenvalue weighted by molar-refractivity contribution is 7.17. The fraction of sp³-hybridized carbons (Fsp3) is 0.208. The van der Waals surface area contributed by atoms with Crippen LogP contribution < -0.4 is 5.32 Å². The molecule has 168 valence electrons. The van der Waals surface area contributed by atoms with Gasteiger partial charge in [0.2, 0.25) is 0 Å². The second kappa shape index (κ2) is 9.33. The van der Waals surface area contributed by atoms with Crippen LogP contribution in [0.3, 0.4) is 0 Å². The molecule has 0 saturated heterocycles. The van der Waals surface area contributed by atoms with Crippen LogP contribution in [0.5, 0.6) is 0 Å². The number of thiazole rings is 1. The molecule has 0 unspecified atom stereocenters. The second-order valence-corrected chi connectivity index (χ2v) is 8.37. The summed E-state index contributed by atoms with van der Waals surface area (Å²) in [5, 5.41) is 2.89. The Labute approximate surface area is 194 Å². The number of carbonyl (C=O) groups is 4. The summed E-state index contributed by atoms with van der Waals surface area (Å²) in [6.45, 7) is 3.86. The van der Waals surface area contributed by atoms with E-state index in [4.69, 9.17) is 4.74 Å². The normalized spacial score (nSPS) is 12.6. The summed E-state index contributed by atoms with van der Waals surface area (Å²) in [6, 6.07) is 14.0. The molecule has 0 atom stereocenters. The first-order valence-electron chi connectivity index (χ1n) is 10.4. The molecule has 0 fully saturated rings. The number of ether oxygens (including phenoxy) is 1. The number of hydrogen-bond donors (Lipinski definition) is 1. The molecule has 0 radical (unpaired) electrons. The van der Waals surface area contributed by atoms with Crippen molar-refractivity contribution in [3.8, 4) is 0 Å². The van der Waals surface area contributed by atoms with Gasteiger partial charge >= 0.3 is 5.97 Å². The number of imide groups is 1. The quantitative estimate of drug-likeness (QED) is 0.423. The number of carbonyl (C=O) groups excluding carboxylic acids is 4. The number of fused-ring (bicyclic) bond motifs is 1. The van der Waals surface area contributed by atoms with Crippen LogP contribution in [0.25, 0.3) is 0 Å². The van der Waals surface area contributed by atoms with Crippen LogP contribution in [0.1, 0.15) is 58.9 Å². The van der Waals surface area contributed by atoms with Gasteiger partial charge in [0.05, 0.1) is 23.4 Å². The van der Waals surface area contributed by atoms with Gasteiger partial charge in [-0.15, -0.1) is 0 Å². The van der Waals surface area contributed by atoms with Crippen LogP contribution in [0, 0.1) is 6.92 Å². The maximum Gasteiger partial charge on any atom is 0.350 e. The molecule has 33 heavy (non-hydrogen) atoms. The fourth-order valence-electron chi connectivity index (χ4n) is 3.53. The second-order valence-electron chi connectivity index (χ2n) is 7.37. The average Bonchev–Trinajstić information content (AvgIpc) is 3.29. The van der Waals surface area contributed by atoms with Crippen LogP contribution in [0.4, 0.5) is 5.13 Å². The lowest BCUT2D eigenvalue weighted by Crippen LogP contribution is -2.31. The topological polar surface area (TPSA) is 106 Å². The van der Waals surface area contributed by atoms with Gasteiger partial charge in [-0.2, -0.15) is 0 Å². The first-order valence-corrected chi connectivity index (χ1v) is 11.2. The van der Waals surface area contributed by atoms with E-state index in [0.29, 0.717) is 17.0 Å². The average molecular weight is 464 g/mol. The highest BCUT2D eigenvalue weighted by Crippen LogP contribution is 2.27. The minimum absolute atomic E-state index is 0.197. The van der Waals surface area contributed by atoms with Gasteiger partial charge in [0.15, 0.2) is 5.13 Å². The summed E-state index contributed by atoms with van der Waals surface area (Å²) in [6.07, 6.45) is 0.547. The highest BCUT2D eigenvalue weighted by atomic mass is 32.1. The Hall–Kier alpha value is -3.85. The predicted molar refractivity (Wildman–Crippen MR) is 123 cm³/mol. The number of esters is 1. The zero-order valence-corrected chi connectivity index (χ0v) is 18.9. The van der Waals surface area contributed by atoms with Crippen molar-refractivity contribution in [3.05, 3.63) is 81.4 Å². The number of hydrogen-bond acceptors (Lipinski definition) is 7. The molecule has 0 bridgehead atoms. The fourth-order valence-corrected chi connectivity index (χ4v) is 4.38. The van der Waals surface area contributed by atoms with Crippen LogP contribution >= 0.6 is 11.3 Å². The lowest BCUT2D eigenvalue weighted by atomic mass is 10.1. The Morgan fingerprint density at radius 1 is 1.06 bits per heavy atom. The van der Waals surface area contributed by atoms with Crippen LogP contribution in [-0.2, 0) is 11.2 Å². The maximum absolute atomic E-state index is 12.9. The third kappa shape index (κ3) is 4.54. The SMILES string of the molecule is CCOC(=O)c1sc(NC(=O)c2ccc3c(c2)C(=O)N(CCc2ccccc2)C3=O)nc1C. The molecular formula is C24H21N3O5S. The van der Waals surface area contributed by atoms with Crippen molar-refractivity contribution in [2.75, 3.05) is 18.5 Å². The molecule has 4 rings (SSSR count). The van der Waals surface area contributed by atoms with E-state index in [0.717, 1.165) is 16.9 Å². The smallest absolute Gasteiger partial charge is 0.350 e. The minimum atomic E-state index is -0.495. The van der Waals surface area contributed by atoms with Crippen molar-refractivity contribution in [2.45, 2.75) is 20.3 Å². The molecular weight excluding hydrogens is 442 g/mol. The molecule has 3 amide bonds. The molecule has 3 aromatic rings. The van der Waals surface area contributed by atoms with E-state index in [9.17, 15) is 19.2 Å². The van der Waals surface area contributed by atoms with Crippen molar-refractivity contribution in [1.29, 1.82) is 0 Å². The monoisotopic (exact) mass is 463 g/mol. The molecule has 0 aliphatic carbocycles. The number of nitrogens with one attached hydrogen (secondary N) is 1. The maximum atomic E-state index is 12.9. The molecule has 0 saturated carbocycles. The summed E-state index contributed by atoms with van der Waals surface area (Å²) in [7, 11) is 0. The van der Waals surface area contributed by atoms with E-state index in [-0.39, 0.29) is 40.9 Å². The summed E-state index contributed by atoms with van der Waals surface area (Å²) < 4.78 is 4.99. The van der Waals surface area contributed by atoms with Crippen molar-refractivity contribution >= 4 is 40.2 Å². The predicted octanol–water partition coefficient (Wildman–Crippen LogP) is 3.72. The van der Waals surface area contributed by atoms with E-state index in [1.807, 2.05) is 30.3 Å².